The van der Waals surface area contributed by atoms with Gasteiger partial charge in [-0.05, 0) is 12.1 Å². The zero-order valence-corrected chi connectivity index (χ0v) is 16.3. The average molecular weight is 413 g/mol. The molecule has 134 valence electrons. The van der Waals surface area contributed by atoms with Gasteiger partial charge in [0.25, 0.3) is 5.91 Å². The standard InChI is InChI=1S/C15H18ClN3O2S.2ClH/c1-21-9-8-17-6-7-18-14(20)13-10-22-15(19-13)11-2-4-12(16)5-3-11;;/h2-5,10,17H,6-9H2,1H3,(H,18,20);2*1H. The van der Waals surface area contributed by atoms with Crippen molar-refractivity contribution < 1.29 is 9.53 Å². The molecule has 0 fully saturated rings. The lowest BCUT2D eigenvalue weighted by Gasteiger charge is -2.05. The van der Waals surface area contributed by atoms with Crippen LogP contribution in [0.1, 0.15) is 10.5 Å². The molecule has 1 aromatic carbocycles. The van der Waals surface area contributed by atoms with Crippen molar-refractivity contribution in [2.24, 2.45) is 0 Å². The van der Waals surface area contributed by atoms with Crippen molar-refractivity contribution in [2.45, 2.75) is 0 Å². The molecule has 5 nitrogen and oxygen atoms in total. The minimum atomic E-state index is -0.162. The van der Waals surface area contributed by atoms with Crippen molar-refractivity contribution >= 4 is 53.7 Å². The fraction of sp³-hybridized carbons (Fsp3) is 0.333. The van der Waals surface area contributed by atoms with Gasteiger partial charge in [0.15, 0.2) is 0 Å². The summed E-state index contributed by atoms with van der Waals surface area (Å²) in [6.07, 6.45) is 0. The molecule has 1 heterocycles. The van der Waals surface area contributed by atoms with Crippen LogP contribution in [0.25, 0.3) is 10.6 Å². The summed E-state index contributed by atoms with van der Waals surface area (Å²) in [5.41, 5.74) is 1.39. The number of hydrogen-bond donors (Lipinski definition) is 2. The molecule has 0 saturated carbocycles. The minimum Gasteiger partial charge on any atom is -0.383 e. The molecule has 0 atom stereocenters. The Morgan fingerprint density at radius 2 is 1.92 bits per heavy atom. The van der Waals surface area contributed by atoms with Crippen LogP contribution < -0.4 is 10.6 Å². The van der Waals surface area contributed by atoms with E-state index in [9.17, 15) is 4.79 Å². The third kappa shape index (κ3) is 7.34. The second-order valence-electron chi connectivity index (χ2n) is 4.54. The number of ether oxygens (including phenoxy) is 1. The summed E-state index contributed by atoms with van der Waals surface area (Å²) >= 11 is 7.30. The second-order valence-corrected chi connectivity index (χ2v) is 5.84. The van der Waals surface area contributed by atoms with Gasteiger partial charge in [0.05, 0.1) is 6.61 Å². The number of halogens is 3. The molecular weight excluding hydrogens is 393 g/mol. The number of methoxy groups -OCH3 is 1. The lowest BCUT2D eigenvalue weighted by Crippen LogP contribution is -2.33. The van der Waals surface area contributed by atoms with E-state index in [1.807, 2.05) is 24.3 Å². The molecule has 0 unspecified atom stereocenters. The highest BCUT2D eigenvalue weighted by Gasteiger charge is 2.11. The van der Waals surface area contributed by atoms with Crippen LogP contribution in [0.5, 0.6) is 0 Å². The van der Waals surface area contributed by atoms with E-state index >= 15 is 0 Å². The number of hydrogen-bond acceptors (Lipinski definition) is 5. The Bertz CT molecular complexity index is 608. The zero-order chi connectivity index (χ0) is 15.8. The molecule has 2 rings (SSSR count). The minimum absolute atomic E-state index is 0. The molecular formula is C15H20Cl3N3O2S. The Labute approximate surface area is 163 Å². The van der Waals surface area contributed by atoms with Crippen LogP contribution in [-0.4, -0.2) is 44.2 Å². The van der Waals surface area contributed by atoms with Crippen LogP contribution in [0.4, 0.5) is 0 Å². The molecule has 9 heteroatoms. The first-order valence-corrected chi connectivity index (χ1v) is 8.16. The van der Waals surface area contributed by atoms with Crippen LogP contribution in [0.15, 0.2) is 29.6 Å². The van der Waals surface area contributed by atoms with E-state index in [0.29, 0.717) is 30.4 Å². The molecule has 0 radical (unpaired) electrons. The Morgan fingerprint density at radius 1 is 1.21 bits per heavy atom. The van der Waals surface area contributed by atoms with Crippen molar-refractivity contribution in [3.63, 3.8) is 0 Å². The van der Waals surface area contributed by atoms with Gasteiger partial charge in [-0.3, -0.25) is 4.79 Å². The quantitative estimate of drug-likeness (QED) is 0.653. The van der Waals surface area contributed by atoms with E-state index in [-0.39, 0.29) is 30.7 Å². The predicted molar refractivity (Wildman–Crippen MR) is 104 cm³/mol. The maximum absolute atomic E-state index is 12.0. The number of nitrogens with one attached hydrogen (secondary N) is 2. The molecule has 1 aromatic heterocycles. The molecule has 0 saturated heterocycles. The summed E-state index contributed by atoms with van der Waals surface area (Å²) < 4.78 is 4.92. The van der Waals surface area contributed by atoms with Gasteiger partial charge in [-0.25, -0.2) is 4.98 Å². The molecule has 0 aliphatic rings. The van der Waals surface area contributed by atoms with Gasteiger partial charge in [-0.1, -0.05) is 23.7 Å². The Morgan fingerprint density at radius 3 is 2.58 bits per heavy atom. The summed E-state index contributed by atoms with van der Waals surface area (Å²) in [4.78, 5) is 16.4. The molecule has 0 aliphatic heterocycles. The molecule has 2 N–H and O–H groups in total. The summed E-state index contributed by atoms with van der Waals surface area (Å²) in [6, 6.07) is 7.40. The number of benzene rings is 1. The van der Waals surface area contributed by atoms with Crippen molar-refractivity contribution in [1.29, 1.82) is 0 Å². The normalized spacial score (nSPS) is 9.75. The number of carbonyl (C=O) groups excluding carboxylic acids is 1. The van der Waals surface area contributed by atoms with Crippen molar-refractivity contribution in [3.05, 3.63) is 40.4 Å². The van der Waals surface area contributed by atoms with E-state index in [1.165, 1.54) is 11.3 Å². The summed E-state index contributed by atoms with van der Waals surface area (Å²) in [7, 11) is 1.66. The molecule has 0 spiro atoms. The van der Waals surface area contributed by atoms with Gasteiger partial charge in [-0.2, -0.15) is 0 Å². The third-order valence-electron chi connectivity index (χ3n) is 2.90. The van der Waals surface area contributed by atoms with E-state index in [2.05, 4.69) is 15.6 Å². The number of rotatable bonds is 8. The Hall–Kier alpha value is -0.890. The molecule has 2 aromatic rings. The van der Waals surface area contributed by atoms with Crippen molar-refractivity contribution in [1.82, 2.24) is 15.6 Å². The first kappa shape index (κ1) is 23.1. The molecule has 0 bridgehead atoms. The van der Waals surface area contributed by atoms with Crippen LogP contribution in [0, 0.1) is 0 Å². The van der Waals surface area contributed by atoms with Gasteiger partial charge < -0.3 is 15.4 Å². The zero-order valence-electron chi connectivity index (χ0n) is 13.1. The summed E-state index contributed by atoms with van der Waals surface area (Å²) in [5.74, 6) is -0.162. The van der Waals surface area contributed by atoms with E-state index in [1.54, 1.807) is 12.5 Å². The number of carbonyl (C=O) groups is 1. The van der Waals surface area contributed by atoms with Crippen LogP contribution in [0.3, 0.4) is 0 Å². The number of amides is 1. The molecule has 1 amide bonds. The number of aromatic nitrogens is 1. The topological polar surface area (TPSA) is 63.2 Å². The summed E-state index contributed by atoms with van der Waals surface area (Å²) in [5, 5.41) is 9.24. The average Bonchev–Trinajstić information content (AvgIpc) is 3.01. The van der Waals surface area contributed by atoms with Gasteiger partial charge in [-0.15, -0.1) is 36.2 Å². The fourth-order valence-electron chi connectivity index (χ4n) is 1.76. The predicted octanol–water partition coefficient (Wildman–Crippen LogP) is 3.27. The highest BCUT2D eigenvalue weighted by molar-refractivity contribution is 7.13. The van der Waals surface area contributed by atoms with Gasteiger partial charge >= 0.3 is 0 Å². The Balaban J connectivity index is 0.00000264. The highest BCUT2D eigenvalue weighted by Crippen LogP contribution is 2.24. The molecule has 24 heavy (non-hydrogen) atoms. The first-order valence-electron chi connectivity index (χ1n) is 6.90. The van der Waals surface area contributed by atoms with Crippen molar-refractivity contribution in [2.75, 3.05) is 33.4 Å². The highest BCUT2D eigenvalue weighted by atomic mass is 35.5. The number of nitrogens with zero attached hydrogens (tertiary/aromatic N) is 1. The van der Waals surface area contributed by atoms with E-state index in [0.717, 1.165) is 17.1 Å². The van der Waals surface area contributed by atoms with Gasteiger partial charge in [0.2, 0.25) is 0 Å². The molecule has 0 aliphatic carbocycles. The monoisotopic (exact) mass is 411 g/mol. The summed E-state index contributed by atoms with van der Waals surface area (Å²) in [6.45, 7) is 2.67. The maximum atomic E-state index is 12.0. The first-order chi connectivity index (χ1) is 10.7. The lowest BCUT2D eigenvalue weighted by molar-refractivity contribution is 0.0949. The largest absolute Gasteiger partial charge is 0.383 e. The number of thiazole rings is 1. The second kappa shape index (κ2) is 12.5. The van der Waals surface area contributed by atoms with Crippen LogP contribution in [-0.2, 0) is 4.74 Å². The van der Waals surface area contributed by atoms with E-state index < -0.39 is 0 Å². The smallest absolute Gasteiger partial charge is 0.270 e. The van der Waals surface area contributed by atoms with Gasteiger partial charge in [0.1, 0.15) is 10.7 Å². The van der Waals surface area contributed by atoms with Crippen molar-refractivity contribution in [3.8, 4) is 10.6 Å². The SMILES string of the molecule is COCCNCCNC(=O)c1csc(-c2ccc(Cl)cc2)n1.Cl.Cl. The van der Waals surface area contributed by atoms with Gasteiger partial charge in [0, 0.05) is 42.7 Å². The Kier molecular flexibility index (Phi) is 12.0. The van der Waals surface area contributed by atoms with Crippen LogP contribution >= 0.6 is 47.8 Å². The van der Waals surface area contributed by atoms with Crippen LogP contribution in [0.2, 0.25) is 5.02 Å². The fourth-order valence-corrected chi connectivity index (χ4v) is 2.69. The lowest BCUT2D eigenvalue weighted by atomic mass is 10.2. The third-order valence-corrected chi connectivity index (χ3v) is 4.04. The van der Waals surface area contributed by atoms with E-state index in [4.69, 9.17) is 16.3 Å². The maximum Gasteiger partial charge on any atom is 0.270 e.